The van der Waals surface area contributed by atoms with Gasteiger partial charge in [0.25, 0.3) is 0 Å². The standard InChI is InChI=1S/C23H29N3O3/c1-17-7-6-10-21(18(17)2)29-16-13-22(27)24-20-11-14-26(15-12-20)23(28)25-19-8-4-3-5-9-19/h3-10,20H,11-16H2,1-2H3,(H,24,27)(H,25,28). The fraction of sp³-hybridized carbons (Fsp3) is 0.391. The van der Waals surface area contributed by atoms with Gasteiger partial charge in [0.05, 0.1) is 13.0 Å². The molecular formula is C23H29N3O3. The van der Waals surface area contributed by atoms with Crippen LogP contribution in [0.15, 0.2) is 48.5 Å². The summed E-state index contributed by atoms with van der Waals surface area (Å²) in [6, 6.07) is 15.4. The molecule has 0 atom stereocenters. The van der Waals surface area contributed by atoms with E-state index >= 15 is 0 Å². The maximum atomic E-state index is 12.3. The van der Waals surface area contributed by atoms with E-state index in [-0.39, 0.29) is 18.0 Å². The van der Waals surface area contributed by atoms with E-state index in [1.54, 1.807) is 4.90 Å². The Kier molecular flexibility index (Phi) is 7.11. The van der Waals surface area contributed by atoms with Crippen molar-refractivity contribution in [1.29, 1.82) is 0 Å². The lowest BCUT2D eigenvalue weighted by Gasteiger charge is -2.32. The number of rotatable bonds is 6. The number of hydrogen-bond acceptors (Lipinski definition) is 3. The van der Waals surface area contributed by atoms with E-state index in [2.05, 4.69) is 10.6 Å². The molecule has 0 bridgehead atoms. The Hall–Kier alpha value is -3.02. The van der Waals surface area contributed by atoms with Gasteiger partial charge in [0.2, 0.25) is 5.91 Å². The molecule has 1 heterocycles. The van der Waals surface area contributed by atoms with Crippen molar-refractivity contribution in [2.45, 2.75) is 39.2 Å². The quantitative estimate of drug-likeness (QED) is 0.780. The van der Waals surface area contributed by atoms with E-state index in [9.17, 15) is 9.59 Å². The van der Waals surface area contributed by atoms with E-state index < -0.39 is 0 Å². The first kappa shape index (κ1) is 20.7. The predicted molar refractivity (Wildman–Crippen MR) is 114 cm³/mol. The summed E-state index contributed by atoms with van der Waals surface area (Å²) in [5.41, 5.74) is 3.07. The minimum Gasteiger partial charge on any atom is -0.493 e. The predicted octanol–water partition coefficient (Wildman–Crippen LogP) is 3.89. The average Bonchev–Trinajstić information content (AvgIpc) is 2.72. The number of hydrogen-bond donors (Lipinski definition) is 2. The molecule has 154 valence electrons. The molecule has 1 aliphatic rings. The second kappa shape index (κ2) is 9.96. The van der Waals surface area contributed by atoms with Crippen LogP contribution in [-0.2, 0) is 4.79 Å². The van der Waals surface area contributed by atoms with Crippen LogP contribution in [0.5, 0.6) is 5.75 Å². The van der Waals surface area contributed by atoms with Crippen molar-refractivity contribution in [3.05, 3.63) is 59.7 Å². The van der Waals surface area contributed by atoms with Gasteiger partial charge >= 0.3 is 6.03 Å². The molecule has 1 aliphatic heterocycles. The zero-order valence-corrected chi connectivity index (χ0v) is 17.1. The SMILES string of the molecule is Cc1cccc(OCCC(=O)NC2CCN(C(=O)Nc3ccccc3)CC2)c1C. The third kappa shape index (κ3) is 5.98. The first-order chi connectivity index (χ1) is 14.0. The van der Waals surface area contributed by atoms with Crippen LogP contribution in [-0.4, -0.2) is 42.6 Å². The van der Waals surface area contributed by atoms with Gasteiger partial charge in [-0.15, -0.1) is 0 Å². The van der Waals surface area contributed by atoms with Crippen molar-refractivity contribution < 1.29 is 14.3 Å². The van der Waals surface area contributed by atoms with Crippen LogP contribution in [0.4, 0.5) is 10.5 Å². The molecule has 2 aromatic rings. The Morgan fingerprint density at radius 1 is 1.03 bits per heavy atom. The summed E-state index contributed by atoms with van der Waals surface area (Å²) in [6.07, 6.45) is 1.83. The number of carbonyl (C=O) groups is 2. The van der Waals surface area contributed by atoms with Crippen LogP contribution in [0.3, 0.4) is 0 Å². The van der Waals surface area contributed by atoms with Gasteiger partial charge in [-0.2, -0.15) is 0 Å². The highest BCUT2D eigenvalue weighted by molar-refractivity contribution is 5.89. The number of ether oxygens (including phenoxy) is 1. The number of anilines is 1. The van der Waals surface area contributed by atoms with Crippen LogP contribution in [0, 0.1) is 13.8 Å². The van der Waals surface area contributed by atoms with E-state index in [0.717, 1.165) is 29.8 Å². The molecule has 29 heavy (non-hydrogen) atoms. The fourth-order valence-corrected chi connectivity index (χ4v) is 3.39. The summed E-state index contributed by atoms with van der Waals surface area (Å²) in [5.74, 6) is 0.818. The Morgan fingerprint density at radius 2 is 1.76 bits per heavy atom. The summed E-state index contributed by atoms with van der Waals surface area (Å²) in [5, 5.41) is 5.97. The van der Waals surface area contributed by atoms with Gasteiger partial charge in [-0.25, -0.2) is 4.79 Å². The van der Waals surface area contributed by atoms with Crippen molar-refractivity contribution in [2.24, 2.45) is 0 Å². The Bertz CT molecular complexity index is 831. The summed E-state index contributed by atoms with van der Waals surface area (Å²) >= 11 is 0. The lowest BCUT2D eigenvalue weighted by atomic mass is 10.1. The first-order valence-corrected chi connectivity index (χ1v) is 10.1. The lowest BCUT2D eigenvalue weighted by Crippen LogP contribution is -2.47. The number of piperidine rings is 1. The first-order valence-electron chi connectivity index (χ1n) is 10.1. The van der Waals surface area contributed by atoms with Crippen LogP contribution in [0.2, 0.25) is 0 Å². The lowest BCUT2D eigenvalue weighted by molar-refractivity contribution is -0.122. The van der Waals surface area contributed by atoms with Crippen LogP contribution >= 0.6 is 0 Å². The number of urea groups is 1. The molecule has 0 aromatic heterocycles. The number of aryl methyl sites for hydroxylation is 1. The normalized spacial score (nSPS) is 14.3. The molecule has 0 unspecified atom stereocenters. The largest absolute Gasteiger partial charge is 0.493 e. The topological polar surface area (TPSA) is 70.7 Å². The average molecular weight is 396 g/mol. The van der Waals surface area contributed by atoms with Crippen molar-refractivity contribution in [3.63, 3.8) is 0 Å². The third-order valence-corrected chi connectivity index (χ3v) is 5.31. The summed E-state index contributed by atoms with van der Waals surface area (Å²) in [4.78, 5) is 26.4. The molecule has 2 N–H and O–H groups in total. The van der Waals surface area contributed by atoms with Gasteiger partial charge < -0.3 is 20.3 Å². The number of nitrogens with zero attached hydrogens (tertiary/aromatic N) is 1. The zero-order chi connectivity index (χ0) is 20.6. The molecule has 6 heteroatoms. The maximum Gasteiger partial charge on any atom is 0.321 e. The minimum atomic E-state index is -0.0945. The third-order valence-electron chi connectivity index (χ3n) is 5.31. The van der Waals surface area contributed by atoms with E-state index in [1.165, 1.54) is 5.56 Å². The van der Waals surface area contributed by atoms with Crippen LogP contribution < -0.4 is 15.4 Å². The monoisotopic (exact) mass is 395 g/mol. The number of amides is 3. The number of carbonyl (C=O) groups excluding carboxylic acids is 2. The molecule has 0 aliphatic carbocycles. The molecular weight excluding hydrogens is 366 g/mol. The highest BCUT2D eigenvalue weighted by Gasteiger charge is 2.23. The summed E-state index contributed by atoms with van der Waals surface area (Å²) < 4.78 is 5.76. The van der Waals surface area contributed by atoms with E-state index in [1.807, 2.05) is 62.4 Å². The van der Waals surface area contributed by atoms with Crippen molar-refractivity contribution in [3.8, 4) is 5.75 Å². The molecule has 1 fully saturated rings. The van der Waals surface area contributed by atoms with Crippen LogP contribution in [0.1, 0.15) is 30.4 Å². The zero-order valence-electron chi connectivity index (χ0n) is 17.1. The second-order valence-corrected chi connectivity index (χ2v) is 7.42. The number of benzene rings is 2. The molecule has 0 saturated carbocycles. The maximum absolute atomic E-state index is 12.3. The fourth-order valence-electron chi connectivity index (χ4n) is 3.39. The summed E-state index contributed by atoms with van der Waals surface area (Å²) in [7, 11) is 0. The van der Waals surface area contributed by atoms with Crippen LogP contribution in [0.25, 0.3) is 0 Å². The van der Waals surface area contributed by atoms with Gasteiger partial charge in [-0.1, -0.05) is 30.3 Å². The molecule has 0 radical (unpaired) electrons. The number of nitrogens with one attached hydrogen (secondary N) is 2. The summed E-state index contributed by atoms with van der Waals surface area (Å²) in [6.45, 7) is 5.67. The van der Waals surface area contributed by atoms with E-state index in [4.69, 9.17) is 4.74 Å². The molecule has 6 nitrogen and oxygen atoms in total. The smallest absolute Gasteiger partial charge is 0.321 e. The number of likely N-dealkylation sites (tertiary alicyclic amines) is 1. The molecule has 2 aromatic carbocycles. The number of para-hydroxylation sites is 1. The highest BCUT2D eigenvalue weighted by Crippen LogP contribution is 2.20. The molecule has 1 saturated heterocycles. The highest BCUT2D eigenvalue weighted by atomic mass is 16.5. The van der Waals surface area contributed by atoms with Crippen molar-refractivity contribution >= 4 is 17.6 Å². The van der Waals surface area contributed by atoms with Gasteiger partial charge in [0, 0.05) is 24.8 Å². The van der Waals surface area contributed by atoms with Crippen molar-refractivity contribution in [2.75, 3.05) is 25.0 Å². The molecule has 3 rings (SSSR count). The van der Waals surface area contributed by atoms with Gasteiger partial charge in [0.1, 0.15) is 5.75 Å². The van der Waals surface area contributed by atoms with E-state index in [0.29, 0.717) is 26.1 Å². The molecule has 3 amide bonds. The Balaban J connectivity index is 1.36. The van der Waals surface area contributed by atoms with Gasteiger partial charge in [-0.3, -0.25) is 4.79 Å². The van der Waals surface area contributed by atoms with Gasteiger partial charge in [0.15, 0.2) is 0 Å². The minimum absolute atomic E-state index is 0.0116. The Labute approximate surface area is 172 Å². The second-order valence-electron chi connectivity index (χ2n) is 7.42. The molecule has 0 spiro atoms. The van der Waals surface area contributed by atoms with Gasteiger partial charge in [-0.05, 0) is 56.0 Å². The van der Waals surface area contributed by atoms with Crippen molar-refractivity contribution in [1.82, 2.24) is 10.2 Å². The Morgan fingerprint density at radius 3 is 2.48 bits per heavy atom.